The first-order valence-corrected chi connectivity index (χ1v) is 9.39. The van der Waals surface area contributed by atoms with E-state index in [0.29, 0.717) is 32.8 Å². The SMILES string of the molecule is C=C/C(C)=C\C=C(/CC)NC(=O)c1sc2ncc(C(=O)OCC)cc2c1N. The average molecular weight is 385 g/mol. The number of aromatic nitrogens is 1. The molecule has 0 aromatic carbocycles. The number of rotatable bonds is 7. The van der Waals surface area contributed by atoms with E-state index in [1.54, 1.807) is 19.1 Å². The summed E-state index contributed by atoms with van der Waals surface area (Å²) in [4.78, 5) is 29.7. The lowest BCUT2D eigenvalue weighted by Gasteiger charge is -2.06. The van der Waals surface area contributed by atoms with Gasteiger partial charge in [0.05, 0.1) is 17.9 Å². The van der Waals surface area contributed by atoms with Gasteiger partial charge in [-0.1, -0.05) is 31.2 Å². The fourth-order valence-electron chi connectivity index (χ4n) is 2.25. The van der Waals surface area contributed by atoms with Gasteiger partial charge < -0.3 is 15.8 Å². The van der Waals surface area contributed by atoms with Gasteiger partial charge in [-0.15, -0.1) is 11.3 Å². The van der Waals surface area contributed by atoms with E-state index in [1.165, 1.54) is 17.5 Å². The molecule has 0 saturated heterocycles. The molecule has 0 fully saturated rings. The number of esters is 1. The van der Waals surface area contributed by atoms with Crippen LogP contribution in [-0.4, -0.2) is 23.5 Å². The summed E-state index contributed by atoms with van der Waals surface area (Å²) in [6.45, 7) is 9.58. The van der Waals surface area contributed by atoms with Gasteiger partial charge in [0.25, 0.3) is 5.91 Å². The molecular formula is C20H23N3O3S. The molecule has 0 aliphatic carbocycles. The van der Waals surface area contributed by atoms with Crippen molar-refractivity contribution in [3.05, 3.63) is 58.8 Å². The highest BCUT2D eigenvalue weighted by atomic mass is 32.1. The number of thiophene rings is 1. The Bertz CT molecular complexity index is 941. The van der Waals surface area contributed by atoms with Crippen LogP contribution >= 0.6 is 11.3 Å². The molecule has 1 amide bonds. The molecule has 0 saturated carbocycles. The zero-order chi connectivity index (χ0) is 20.0. The van der Waals surface area contributed by atoms with Crippen LogP contribution in [0.2, 0.25) is 0 Å². The molecule has 0 radical (unpaired) electrons. The van der Waals surface area contributed by atoms with E-state index in [0.717, 1.165) is 11.3 Å². The predicted octanol–water partition coefficient (Wildman–Crippen LogP) is 4.21. The summed E-state index contributed by atoms with van der Waals surface area (Å²) in [6.07, 6.45) is 7.55. The molecule has 0 unspecified atom stereocenters. The number of nitrogens with one attached hydrogen (secondary N) is 1. The van der Waals surface area contributed by atoms with Crippen molar-refractivity contribution in [3.8, 4) is 0 Å². The number of nitrogens with zero attached hydrogens (tertiary/aromatic N) is 1. The van der Waals surface area contributed by atoms with Crippen LogP contribution in [-0.2, 0) is 4.74 Å². The van der Waals surface area contributed by atoms with Gasteiger partial charge in [-0.25, -0.2) is 9.78 Å². The first-order chi connectivity index (χ1) is 12.9. The summed E-state index contributed by atoms with van der Waals surface area (Å²) in [7, 11) is 0. The second-order valence-corrected chi connectivity index (χ2v) is 6.76. The second-order valence-electron chi connectivity index (χ2n) is 5.76. The van der Waals surface area contributed by atoms with E-state index in [4.69, 9.17) is 10.5 Å². The van der Waals surface area contributed by atoms with Crippen molar-refractivity contribution in [1.29, 1.82) is 0 Å². The van der Waals surface area contributed by atoms with Crippen LogP contribution in [0.3, 0.4) is 0 Å². The van der Waals surface area contributed by atoms with Crippen molar-refractivity contribution in [3.63, 3.8) is 0 Å². The van der Waals surface area contributed by atoms with Gasteiger partial charge in [-0.05, 0) is 32.4 Å². The van der Waals surface area contributed by atoms with Crippen LogP contribution < -0.4 is 11.1 Å². The molecule has 27 heavy (non-hydrogen) atoms. The fourth-order valence-corrected chi connectivity index (χ4v) is 3.19. The Labute approximate surface area is 162 Å². The number of carbonyl (C=O) groups excluding carboxylic acids is 2. The van der Waals surface area contributed by atoms with Crippen LogP contribution in [0.25, 0.3) is 10.2 Å². The minimum Gasteiger partial charge on any atom is -0.462 e. The minimum atomic E-state index is -0.468. The Morgan fingerprint density at radius 2 is 2.11 bits per heavy atom. The number of pyridine rings is 1. The highest BCUT2D eigenvalue weighted by Gasteiger charge is 2.19. The molecule has 0 aliphatic heterocycles. The number of nitrogens with two attached hydrogens (primary N) is 1. The molecular weight excluding hydrogens is 362 g/mol. The van der Waals surface area contributed by atoms with E-state index < -0.39 is 5.97 Å². The molecule has 6 nitrogen and oxygen atoms in total. The summed E-state index contributed by atoms with van der Waals surface area (Å²) in [5.74, 6) is -0.768. The van der Waals surface area contributed by atoms with Gasteiger partial charge in [-0.3, -0.25) is 4.79 Å². The molecule has 0 aliphatic rings. The number of hydrogen-bond acceptors (Lipinski definition) is 6. The predicted molar refractivity (Wildman–Crippen MR) is 110 cm³/mol. The largest absolute Gasteiger partial charge is 0.462 e. The minimum absolute atomic E-state index is 0.273. The van der Waals surface area contributed by atoms with Crippen molar-refractivity contribution < 1.29 is 14.3 Å². The molecule has 2 aromatic heterocycles. The molecule has 142 valence electrons. The summed E-state index contributed by atoms with van der Waals surface area (Å²) in [6, 6.07) is 1.61. The highest BCUT2D eigenvalue weighted by Crippen LogP contribution is 2.33. The van der Waals surface area contributed by atoms with Crippen LogP contribution in [0.4, 0.5) is 5.69 Å². The molecule has 0 bridgehead atoms. The smallest absolute Gasteiger partial charge is 0.339 e. The van der Waals surface area contributed by atoms with Crippen LogP contribution in [0.15, 0.2) is 48.3 Å². The van der Waals surface area contributed by atoms with E-state index in [2.05, 4.69) is 16.9 Å². The topological polar surface area (TPSA) is 94.3 Å². The number of amides is 1. The normalized spacial score (nSPS) is 12.1. The number of fused-ring (bicyclic) bond motifs is 1. The van der Waals surface area contributed by atoms with Gasteiger partial charge in [-0.2, -0.15) is 0 Å². The number of hydrogen-bond donors (Lipinski definition) is 2. The first kappa shape index (κ1) is 20.4. The molecule has 2 heterocycles. The monoisotopic (exact) mass is 385 g/mol. The van der Waals surface area contributed by atoms with Gasteiger partial charge in [0.1, 0.15) is 9.71 Å². The Hall–Kier alpha value is -2.93. The third-order valence-corrected chi connectivity index (χ3v) is 4.95. The number of nitrogen functional groups attached to an aromatic ring is 1. The third kappa shape index (κ3) is 4.83. The van der Waals surface area contributed by atoms with Gasteiger partial charge in [0.2, 0.25) is 0 Å². The van der Waals surface area contributed by atoms with E-state index >= 15 is 0 Å². The third-order valence-electron chi connectivity index (χ3n) is 3.83. The zero-order valence-electron chi connectivity index (χ0n) is 15.7. The quantitative estimate of drug-likeness (QED) is 0.550. The van der Waals surface area contributed by atoms with Crippen molar-refractivity contribution >= 4 is 39.1 Å². The van der Waals surface area contributed by atoms with E-state index in [-0.39, 0.29) is 12.5 Å². The average Bonchev–Trinajstić information content (AvgIpc) is 3.01. The van der Waals surface area contributed by atoms with Crippen molar-refractivity contribution in [2.45, 2.75) is 27.2 Å². The van der Waals surface area contributed by atoms with E-state index in [9.17, 15) is 9.59 Å². The number of ether oxygens (including phenoxy) is 1. The maximum absolute atomic E-state index is 12.7. The van der Waals surface area contributed by atoms with Crippen LogP contribution in [0, 0.1) is 0 Å². The molecule has 3 N–H and O–H groups in total. The zero-order valence-corrected chi connectivity index (χ0v) is 16.5. The van der Waals surface area contributed by atoms with Crippen LogP contribution in [0.1, 0.15) is 47.2 Å². The molecule has 2 rings (SSSR count). The summed E-state index contributed by atoms with van der Waals surface area (Å²) in [5, 5.41) is 3.45. The summed E-state index contributed by atoms with van der Waals surface area (Å²) >= 11 is 1.19. The molecule has 0 spiro atoms. The van der Waals surface area contributed by atoms with Gasteiger partial charge >= 0.3 is 5.97 Å². The second kappa shape index (κ2) is 9.14. The highest BCUT2D eigenvalue weighted by molar-refractivity contribution is 7.21. The molecule has 2 aromatic rings. The van der Waals surface area contributed by atoms with Crippen molar-refractivity contribution in [2.75, 3.05) is 12.3 Å². The standard InChI is InChI=1S/C20H23N3O3S/c1-5-12(4)8-9-14(6-2)23-18(24)17-16(21)15-10-13(20(25)26-7-3)11-22-19(15)27-17/h5,8-11H,1,6-7,21H2,2-4H3,(H,23,24)/b12-8-,14-9+. The van der Waals surface area contributed by atoms with Gasteiger partial charge in [0, 0.05) is 17.3 Å². The fraction of sp³-hybridized carbons (Fsp3) is 0.250. The first-order valence-electron chi connectivity index (χ1n) is 8.57. The van der Waals surface area contributed by atoms with E-state index in [1.807, 2.05) is 26.0 Å². The number of anilines is 1. The van der Waals surface area contributed by atoms with Crippen LogP contribution in [0.5, 0.6) is 0 Å². The number of allylic oxidation sites excluding steroid dienone is 5. The molecule has 7 heteroatoms. The Morgan fingerprint density at radius 1 is 1.37 bits per heavy atom. The Kier molecular flexibility index (Phi) is 6.90. The van der Waals surface area contributed by atoms with Crippen molar-refractivity contribution in [1.82, 2.24) is 10.3 Å². The molecule has 0 atom stereocenters. The summed E-state index contributed by atoms with van der Waals surface area (Å²) in [5.41, 5.74) is 8.52. The number of carbonyl (C=O) groups is 2. The Balaban J connectivity index is 2.32. The van der Waals surface area contributed by atoms with Gasteiger partial charge in [0.15, 0.2) is 0 Å². The summed E-state index contributed by atoms with van der Waals surface area (Å²) < 4.78 is 4.98. The Morgan fingerprint density at radius 3 is 2.74 bits per heavy atom. The van der Waals surface area contributed by atoms with Crippen molar-refractivity contribution in [2.24, 2.45) is 0 Å². The lowest BCUT2D eigenvalue weighted by atomic mass is 10.2. The lowest BCUT2D eigenvalue weighted by molar-refractivity contribution is 0.0526. The lowest BCUT2D eigenvalue weighted by Crippen LogP contribution is -2.22. The maximum Gasteiger partial charge on any atom is 0.339 e. The maximum atomic E-state index is 12.7.